The minimum absolute atomic E-state index is 0.0203. The Morgan fingerprint density at radius 3 is 2.22 bits per heavy atom. The number of rotatable bonds is 3. The van der Waals surface area contributed by atoms with E-state index in [1.54, 1.807) is 0 Å². The molecule has 0 aromatic rings. The normalized spacial score (nSPS) is 16.9. The van der Waals surface area contributed by atoms with Crippen LogP contribution >= 0.6 is 31.9 Å². The Balaban J connectivity index is 3.71. The van der Waals surface area contributed by atoms with Gasteiger partial charge in [-0.1, -0.05) is 22.9 Å². The van der Waals surface area contributed by atoms with Crippen LogP contribution in [0.4, 0.5) is 0 Å². The molecular formula is C6H10Br2O. The standard InChI is InChI=1S/C6H10Br2O/c1-3-6(2,8)4-5(7)9/h3-4H2,1-2H3. The third-order valence-corrected chi connectivity index (χ3v) is 2.37. The third-order valence-electron chi connectivity index (χ3n) is 1.24. The zero-order valence-electron chi connectivity index (χ0n) is 5.58. The van der Waals surface area contributed by atoms with Crippen LogP contribution < -0.4 is 0 Å². The lowest BCUT2D eigenvalue weighted by Gasteiger charge is -2.16. The summed E-state index contributed by atoms with van der Waals surface area (Å²) in [6, 6.07) is 0. The smallest absolute Gasteiger partial charge is 0.199 e. The summed E-state index contributed by atoms with van der Waals surface area (Å²) in [6.07, 6.45) is 1.51. The fourth-order valence-electron chi connectivity index (χ4n) is 0.415. The molecule has 0 N–H and O–H groups in total. The molecule has 0 aromatic heterocycles. The first-order chi connectivity index (χ1) is 3.98. The van der Waals surface area contributed by atoms with E-state index >= 15 is 0 Å². The van der Waals surface area contributed by atoms with Gasteiger partial charge in [0, 0.05) is 10.7 Å². The summed E-state index contributed by atoms with van der Waals surface area (Å²) in [6.45, 7) is 4.05. The van der Waals surface area contributed by atoms with Crippen molar-refractivity contribution in [2.45, 2.75) is 31.0 Å². The van der Waals surface area contributed by atoms with Crippen LogP contribution in [0, 0.1) is 0 Å². The molecule has 0 aliphatic heterocycles. The van der Waals surface area contributed by atoms with Gasteiger partial charge in [-0.15, -0.1) is 0 Å². The van der Waals surface area contributed by atoms with Gasteiger partial charge in [0.05, 0.1) is 0 Å². The van der Waals surface area contributed by atoms with Crippen molar-refractivity contribution in [1.29, 1.82) is 0 Å². The summed E-state index contributed by atoms with van der Waals surface area (Å²) in [7, 11) is 0. The highest BCUT2D eigenvalue weighted by atomic mass is 79.9. The summed E-state index contributed by atoms with van der Waals surface area (Å²) in [5.74, 6) is 0. The van der Waals surface area contributed by atoms with Crippen molar-refractivity contribution < 1.29 is 4.79 Å². The highest BCUT2D eigenvalue weighted by Crippen LogP contribution is 2.26. The maximum atomic E-state index is 10.5. The Labute approximate surface area is 72.5 Å². The molecule has 1 unspecified atom stereocenters. The molecule has 0 spiro atoms. The third kappa shape index (κ3) is 5.09. The van der Waals surface area contributed by atoms with Crippen LogP contribution in [0.3, 0.4) is 0 Å². The van der Waals surface area contributed by atoms with E-state index in [0.717, 1.165) is 6.42 Å². The Morgan fingerprint density at radius 1 is 1.67 bits per heavy atom. The molecule has 0 aliphatic carbocycles. The summed E-state index contributed by atoms with van der Waals surface area (Å²) < 4.78 is 0.0388. The monoisotopic (exact) mass is 256 g/mol. The van der Waals surface area contributed by atoms with E-state index in [2.05, 4.69) is 31.9 Å². The van der Waals surface area contributed by atoms with Gasteiger partial charge in [-0.25, -0.2) is 0 Å². The molecule has 9 heavy (non-hydrogen) atoms. The summed E-state index contributed by atoms with van der Waals surface area (Å²) in [4.78, 5) is 10.5. The quantitative estimate of drug-likeness (QED) is 0.561. The highest BCUT2D eigenvalue weighted by molar-refractivity contribution is 9.18. The van der Waals surface area contributed by atoms with Gasteiger partial charge in [0.1, 0.15) is 0 Å². The second-order valence-corrected chi connectivity index (χ2v) is 5.10. The number of hydrogen-bond donors (Lipinski definition) is 0. The molecule has 1 atom stereocenters. The molecule has 3 heteroatoms. The van der Waals surface area contributed by atoms with E-state index in [-0.39, 0.29) is 9.02 Å². The number of hydrogen-bond acceptors (Lipinski definition) is 1. The van der Waals surface area contributed by atoms with Crippen LogP contribution in [0.1, 0.15) is 26.7 Å². The van der Waals surface area contributed by atoms with Crippen LogP contribution in [0.2, 0.25) is 0 Å². The average Bonchev–Trinajstić information content (AvgIpc) is 1.63. The minimum Gasteiger partial charge on any atom is -0.287 e. The molecule has 0 saturated heterocycles. The molecule has 1 nitrogen and oxygen atoms in total. The van der Waals surface area contributed by atoms with Crippen LogP contribution in [0.15, 0.2) is 0 Å². The first kappa shape index (κ1) is 9.63. The van der Waals surface area contributed by atoms with Crippen LogP contribution in [0.25, 0.3) is 0 Å². The zero-order valence-corrected chi connectivity index (χ0v) is 8.75. The predicted octanol–water partition coefficient (Wildman–Crippen LogP) is 2.86. The van der Waals surface area contributed by atoms with E-state index in [1.807, 2.05) is 13.8 Å². The van der Waals surface area contributed by atoms with Crippen molar-refractivity contribution >= 4 is 36.6 Å². The lowest BCUT2D eigenvalue weighted by atomic mass is 10.1. The van der Waals surface area contributed by atoms with E-state index in [1.165, 1.54) is 0 Å². The van der Waals surface area contributed by atoms with Crippen LogP contribution in [-0.2, 0) is 4.79 Å². The van der Waals surface area contributed by atoms with Crippen LogP contribution in [0.5, 0.6) is 0 Å². The van der Waals surface area contributed by atoms with Gasteiger partial charge in [-0.05, 0) is 29.3 Å². The number of alkyl halides is 1. The lowest BCUT2D eigenvalue weighted by Crippen LogP contribution is -2.16. The van der Waals surface area contributed by atoms with Gasteiger partial charge in [-0.3, -0.25) is 4.79 Å². The first-order valence-electron chi connectivity index (χ1n) is 2.85. The Hall–Kier alpha value is 0.630. The van der Waals surface area contributed by atoms with E-state index in [4.69, 9.17) is 0 Å². The molecule has 54 valence electrons. The van der Waals surface area contributed by atoms with Crippen molar-refractivity contribution in [2.75, 3.05) is 0 Å². The molecule has 0 aliphatic rings. The van der Waals surface area contributed by atoms with Crippen LogP contribution in [-0.4, -0.2) is 9.02 Å². The van der Waals surface area contributed by atoms with Gasteiger partial charge >= 0.3 is 0 Å². The highest BCUT2D eigenvalue weighted by Gasteiger charge is 2.19. The minimum atomic E-state index is -0.0203. The Kier molecular flexibility index (Phi) is 3.97. The van der Waals surface area contributed by atoms with E-state index in [9.17, 15) is 4.79 Å². The van der Waals surface area contributed by atoms with E-state index in [0.29, 0.717) is 6.42 Å². The van der Waals surface area contributed by atoms with Gasteiger partial charge < -0.3 is 0 Å². The molecular weight excluding hydrogens is 248 g/mol. The molecule has 0 bridgehead atoms. The fourth-order valence-corrected chi connectivity index (χ4v) is 1.66. The zero-order chi connectivity index (χ0) is 7.49. The van der Waals surface area contributed by atoms with Crippen molar-refractivity contribution in [3.05, 3.63) is 0 Å². The number of halogens is 2. The van der Waals surface area contributed by atoms with Crippen molar-refractivity contribution in [3.8, 4) is 0 Å². The summed E-state index contributed by atoms with van der Waals surface area (Å²) >= 11 is 6.31. The average molecular weight is 258 g/mol. The van der Waals surface area contributed by atoms with Gasteiger partial charge in [0.2, 0.25) is 0 Å². The Bertz CT molecular complexity index is 110. The number of carbonyl (C=O) groups is 1. The van der Waals surface area contributed by atoms with Crippen molar-refractivity contribution in [2.24, 2.45) is 0 Å². The molecule has 0 amide bonds. The first-order valence-corrected chi connectivity index (χ1v) is 4.44. The molecule has 0 rings (SSSR count). The molecule has 0 aromatic carbocycles. The van der Waals surface area contributed by atoms with Gasteiger partial charge in [0.15, 0.2) is 4.69 Å². The maximum Gasteiger partial charge on any atom is 0.199 e. The summed E-state index contributed by atoms with van der Waals surface area (Å²) in [5, 5.41) is 0. The van der Waals surface area contributed by atoms with Gasteiger partial charge in [-0.2, -0.15) is 0 Å². The van der Waals surface area contributed by atoms with Crippen molar-refractivity contribution in [1.82, 2.24) is 0 Å². The van der Waals surface area contributed by atoms with E-state index < -0.39 is 0 Å². The Morgan fingerprint density at radius 2 is 2.11 bits per heavy atom. The second-order valence-electron chi connectivity index (χ2n) is 2.30. The van der Waals surface area contributed by atoms with Gasteiger partial charge in [0.25, 0.3) is 0 Å². The molecule has 0 heterocycles. The molecule has 0 radical (unpaired) electrons. The second kappa shape index (κ2) is 3.71. The maximum absolute atomic E-state index is 10.5. The topological polar surface area (TPSA) is 17.1 Å². The van der Waals surface area contributed by atoms with Crippen molar-refractivity contribution in [3.63, 3.8) is 0 Å². The number of carbonyl (C=O) groups excluding carboxylic acids is 1. The summed E-state index contributed by atoms with van der Waals surface area (Å²) in [5.41, 5.74) is 0. The molecule has 0 fully saturated rings. The predicted molar refractivity (Wildman–Crippen MR) is 46.2 cm³/mol. The largest absolute Gasteiger partial charge is 0.287 e. The SMILES string of the molecule is CCC(C)(Br)CC(=O)Br. The molecule has 0 saturated carbocycles. The lowest BCUT2D eigenvalue weighted by molar-refractivity contribution is -0.110. The fraction of sp³-hybridized carbons (Fsp3) is 0.833.